The van der Waals surface area contributed by atoms with Crippen LogP contribution in [0.15, 0.2) is 4.99 Å². The van der Waals surface area contributed by atoms with Crippen LogP contribution in [0, 0.1) is 0 Å². The second kappa shape index (κ2) is 18.6. The summed E-state index contributed by atoms with van der Waals surface area (Å²) < 4.78 is 0. The van der Waals surface area contributed by atoms with Gasteiger partial charge < -0.3 is 49.1 Å². The summed E-state index contributed by atoms with van der Waals surface area (Å²) in [4.78, 5) is 75.8. The van der Waals surface area contributed by atoms with Crippen molar-refractivity contribution in [1.82, 2.24) is 16.0 Å². The molecule has 0 spiro atoms. The second-order valence-corrected chi connectivity index (χ2v) is 9.28. The molecule has 216 valence electrons. The molecule has 0 aromatic rings. The number of thioether (sulfide) groups is 1. The topological polar surface area (TPSA) is 295 Å². The predicted molar refractivity (Wildman–Crippen MR) is 140 cm³/mol. The molecule has 0 aromatic carbocycles. The number of nitrogens with one attached hydrogen (secondary N) is 3. The monoisotopic (exact) mass is 562 g/mol. The summed E-state index contributed by atoms with van der Waals surface area (Å²) in [5.41, 5.74) is 21.5. The number of aliphatic carboxylic acids is 2. The molecule has 0 fully saturated rings. The summed E-state index contributed by atoms with van der Waals surface area (Å²) in [6.07, 6.45) is 1.07. The van der Waals surface area contributed by atoms with Crippen LogP contribution in [0.1, 0.15) is 44.9 Å². The Hall–Kier alpha value is -3.60. The molecule has 0 heterocycles. The van der Waals surface area contributed by atoms with Gasteiger partial charge in [0, 0.05) is 19.4 Å². The van der Waals surface area contributed by atoms with Crippen LogP contribution in [0.5, 0.6) is 0 Å². The lowest BCUT2D eigenvalue weighted by molar-refractivity contribution is -0.142. The van der Waals surface area contributed by atoms with Crippen molar-refractivity contribution in [3.63, 3.8) is 0 Å². The second-order valence-electron chi connectivity index (χ2n) is 8.30. The summed E-state index contributed by atoms with van der Waals surface area (Å²) >= 11 is 1.38. The Morgan fingerprint density at radius 1 is 0.789 bits per heavy atom. The Morgan fingerprint density at radius 2 is 1.34 bits per heavy atom. The fourth-order valence-electron chi connectivity index (χ4n) is 3.05. The van der Waals surface area contributed by atoms with Crippen LogP contribution in [-0.4, -0.2) is 94.5 Å². The quantitative estimate of drug-likeness (QED) is 0.0402. The van der Waals surface area contributed by atoms with Crippen LogP contribution in [0.4, 0.5) is 0 Å². The summed E-state index contributed by atoms with van der Waals surface area (Å²) in [5, 5.41) is 25.4. The maximum absolute atomic E-state index is 13.1. The van der Waals surface area contributed by atoms with Gasteiger partial charge in [0.25, 0.3) is 0 Å². The fourth-order valence-corrected chi connectivity index (χ4v) is 3.53. The molecular weight excluding hydrogens is 524 g/mol. The van der Waals surface area contributed by atoms with Crippen LogP contribution < -0.4 is 38.9 Å². The van der Waals surface area contributed by atoms with Gasteiger partial charge in [0.15, 0.2) is 5.96 Å². The number of primary amides is 1. The fraction of sp³-hybridized carbons (Fsp3) is 0.667. The number of nitrogens with zero attached hydrogens (tertiary/aromatic N) is 1. The van der Waals surface area contributed by atoms with E-state index in [9.17, 15) is 33.9 Å². The molecule has 17 heteroatoms. The Balaban J connectivity index is 5.66. The SMILES string of the molecule is CSCCC(NC(=O)C(CCC(N)=O)NC(=O)C(CCCN=C(N)N)NC(=O)C(N)CCC(=O)O)C(=O)O. The Morgan fingerprint density at radius 3 is 1.84 bits per heavy atom. The molecule has 0 radical (unpaired) electrons. The minimum atomic E-state index is -1.34. The van der Waals surface area contributed by atoms with Crippen molar-refractivity contribution in [2.45, 2.75) is 69.1 Å². The molecule has 0 aromatic heterocycles. The molecule has 38 heavy (non-hydrogen) atoms. The highest BCUT2D eigenvalue weighted by atomic mass is 32.2. The lowest BCUT2D eigenvalue weighted by Crippen LogP contribution is -2.57. The van der Waals surface area contributed by atoms with Gasteiger partial charge in [-0.05, 0) is 44.1 Å². The number of carboxylic acids is 2. The summed E-state index contributed by atoms with van der Waals surface area (Å²) in [7, 11) is 0. The zero-order valence-electron chi connectivity index (χ0n) is 21.2. The number of guanidine groups is 1. The van der Waals surface area contributed by atoms with Crippen molar-refractivity contribution < 1.29 is 39.0 Å². The maximum atomic E-state index is 13.1. The molecule has 13 N–H and O–H groups in total. The molecule has 0 rings (SSSR count). The van der Waals surface area contributed by atoms with Crippen LogP contribution >= 0.6 is 11.8 Å². The number of hydrogen-bond donors (Lipinski definition) is 9. The lowest BCUT2D eigenvalue weighted by Gasteiger charge is -2.25. The molecule has 0 aliphatic carbocycles. The van der Waals surface area contributed by atoms with Crippen molar-refractivity contribution in [3.05, 3.63) is 0 Å². The molecule has 4 amide bonds. The van der Waals surface area contributed by atoms with Crippen molar-refractivity contribution >= 4 is 53.3 Å². The molecule has 4 atom stereocenters. The Kier molecular flexibility index (Phi) is 16.9. The van der Waals surface area contributed by atoms with E-state index in [-0.39, 0.29) is 57.5 Å². The van der Waals surface area contributed by atoms with Crippen LogP contribution in [0.3, 0.4) is 0 Å². The van der Waals surface area contributed by atoms with E-state index in [1.807, 2.05) is 0 Å². The first-order valence-corrected chi connectivity index (χ1v) is 13.1. The average molecular weight is 563 g/mol. The zero-order chi connectivity index (χ0) is 29.3. The molecule has 0 saturated carbocycles. The van der Waals surface area contributed by atoms with E-state index in [0.717, 1.165) is 0 Å². The van der Waals surface area contributed by atoms with Gasteiger partial charge in [0.2, 0.25) is 23.6 Å². The van der Waals surface area contributed by atoms with E-state index in [1.165, 1.54) is 11.8 Å². The number of amides is 4. The summed E-state index contributed by atoms with van der Waals surface area (Å²) in [6, 6.07) is -5.03. The predicted octanol–water partition coefficient (Wildman–Crippen LogP) is -3.21. The summed E-state index contributed by atoms with van der Waals surface area (Å²) in [5.74, 6) is -5.38. The molecule has 0 saturated heterocycles. The van der Waals surface area contributed by atoms with Crippen molar-refractivity contribution in [3.8, 4) is 0 Å². The largest absolute Gasteiger partial charge is 0.481 e. The van der Waals surface area contributed by atoms with E-state index in [4.69, 9.17) is 28.0 Å². The van der Waals surface area contributed by atoms with Crippen molar-refractivity contribution in [2.24, 2.45) is 27.9 Å². The molecule has 0 aliphatic heterocycles. The van der Waals surface area contributed by atoms with Crippen LogP contribution in [-0.2, 0) is 28.8 Å². The van der Waals surface area contributed by atoms with Gasteiger partial charge in [-0.1, -0.05) is 0 Å². The number of rotatable bonds is 20. The van der Waals surface area contributed by atoms with E-state index in [0.29, 0.717) is 5.75 Å². The maximum Gasteiger partial charge on any atom is 0.326 e. The standard InChI is InChI=1S/C21H38N8O8S/c1-38-10-8-14(20(36)37)29-19(35)13(5-6-15(23)30)28-18(34)12(3-2-9-26-21(24)25)27-17(33)11(22)4-7-16(31)32/h11-14H,2-10,22H2,1H3,(H2,23,30)(H,27,33)(H,28,34)(H,29,35)(H,31,32)(H,36,37)(H4,24,25,26). The number of carboxylic acid groups (broad SMARTS) is 2. The van der Waals surface area contributed by atoms with Crippen molar-refractivity contribution in [1.29, 1.82) is 0 Å². The third kappa shape index (κ3) is 15.5. The third-order valence-corrected chi connectivity index (χ3v) is 5.77. The highest BCUT2D eigenvalue weighted by Gasteiger charge is 2.30. The smallest absolute Gasteiger partial charge is 0.326 e. The first-order chi connectivity index (χ1) is 17.8. The van der Waals surface area contributed by atoms with E-state index >= 15 is 0 Å². The van der Waals surface area contributed by atoms with Crippen molar-refractivity contribution in [2.75, 3.05) is 18.6 Å². The number of carbonyl (C=O) groups excluding carboxylic acids is 4. The van der Waals surface area contributed by atoms with E-state index in [1.54, 1.807) is 6.26 Å². The van der Waals surface area contributed by atoms with Crippen LogP contribution in [0.2, 0.25) is 0 Å². The minimum Gasteiger partial charge on any atom is -0.481 e. The molecular formula is C21H38N8O8S. The van der Waals surface area contributed by atoms with Crippen LogP contribution in [0.25, 0.3) is 0 Å². The van der Waals surface area contributed by atoms with Gasteiger partial charge in [0.1, 0.15) is 18.1 Å². The third-order valence-electron chi connectivity index (χ3n) is 5.12. The molecule has 0 aliphatic rings. The van der Waals surface area contributed by atoms with Gasteiger partial charge >= 0.3 is 11.9 Å². The number of hydrogen-bond acceptors (Lipinski definition) is 9. The normalized spacial score (nSPS) is 13.7. The molecule has 0 bridgehead atoms. The highest BCUT2D eigenvalue weighted by molar-refractivity contribution is 7.98. The van der Waals surface area contributed by atoms with Gasteiger partial charge in [0.05, 0.1) is 6.04 Å². The van der Waals surface area contributed by atoms with Gasteiger partial charge in [-0.15, -0.1) is 0 Å². The highest BCUT2D eigenvalue weighted by Crippen LogP contribution is 2.07. The molecule has 4 unspecified atom stereocenters. The van der Waals surface area contributed by atoms with Gasteiger partial charge in [-0.2, -0.15) is 11.8 Å². The number of aliphatic imine (C=N–C) groups is 1. The van der Waals surface area contributed by atoms with E-state index < -0.39 is 59.7 Å². The first-order valence-electron chi connectivity index (χ1n) is 11.7. The average Bonchev–Trinajstić information content (AvgIpc) is 2.83. The zero-order valence-corrected chi connectivity index (χ0v) is 22.0. The first kappa shape index (κ1) is 34.4. The number of carbonyl (C=O) groups is 6. The Bertz CT molecular complexity index is 868. The number of nitrogens with two attached hydrogens (primary N) is 4. The Labute approximate surface area is 224 Å². The summed E-state index contributed by atoms with van der Waals surface area (Å²) in [6.45, 7) is 0.119. The lowest BCUT2D eigenvalue weighted by atomic mass is 10.1. The minimum absolute atomic E-state index is 0.00956. The molecule has 16 nitrogen and oxygen atoms in total. The van der Waals surface area contributed by atoms with Gasteiger partial charge in [-0.25, -0.2) is 4.79 Å². The van der Waals surface area contributed by atoms with Gasteiger partial charge in [-0.3, -0.25) is 29.0 Å². The van der Waals surface area contributed by atoms with E-state index in [2.05, 4.69) is 20.9 Å².